The number of aliphatic hydroxyl groups excluding tert-OH is 1. The fourth-order valence-corrected chi connectivity index (χ4v) is 2.23. The van der Waals surface area contributed by atoms with Crippen molar-refractivity contribution in [2.24, 2.45) is 0 Å². The monoisotopic (exact) mass is 273 g/mol. The van der Waals surface area contributed by atoms with E-state index < -0.39 is 0 Å². The Morgan fingerprint density at radius 1 is 1.20 bits per heavy atom. The van der Waals surface area contributed by atoms with Crippen LogP contribution in [0.2, 0.25) is 0 Å². The van der Waals surface area contributed by atoms with Crippen molar-refractivity contribution in [1.82, 2.24) is 14.7 Å². The van der Waals surface area contributed by atoms with Gasteiger partial charge in [-0.05, 0) is 36.7 Å². The highest BCUT2D eigenvalue weighted by atomic mass is 16.3. The molecule has 0 saturated heterocycles. The van der Waals surface area contributed by atoms with Crippen molar-refractivity contribution >= 4 is 0 Å². The predicted molar refractivity (Wildman–Crippen MR) is 80.8 cm³/mol. The average Bonchev–Trinajstić information content (AvgIpc) is 3.00. The molecule has 0 aliphatic heterocycles. The minimum absolute atomic E-state index is 0.217. The van der Waals surface area contributed by atoms with Crippen LogP contribution in [0.4, 0.5) is 0 Å². The van der Waals surface area contributed by atoms with E-state index in [9.17, 15) is 0 Å². The van der Waals surface area contributed by atoms with Gasteiger partial charge in [-0.2, -0.15) is 5.10 Å². The molecule has 0 bridgehead atoms. The Morgan fingerprint density at radius 3 is 2.60 bits per heavy atom. The molecule has 1 heterocycles. The molecular formula is C16H23N3O. The van der Waals surface area contributed by atoms with Gasteiger partial charge in [-0.3, -0.25) is 4.90 Å². The lowest BCUT2D eigenvalue weighted by atomic mass is 10.2. The molecule has 2 rings (SSSR count). The third-order valence-electron chi connectivity index (χ3n) is 3.36. The number of hydrogen-bond acceptors (Lipinski definition) is 3. The van der Waals surface area contributed by atoms with Gasteiger partial charge in [-0.25, -0.2) is 4.68 Å². The molecule has 1 aromatic heterocycles. The molecular weight excluding hydrogens is 250 g/mol. The molecule has 0 saturated carbocycles. The normalized spacial score (nSPS) is 11.2. The van der Waals surface area contributed by atoms with Crippen LogP contribution in [0.1, 0.15) is 25.3 Å². The largest absolute Gasteiger partial charge is 0.395 e. The first-order valence-electron chi connectivity index (χ1n) is 7.25. The molecule has 108 valence electrons. The highest BCUT2D eigenvalue weighted by Gasteiger charge is 2.05. The summed E-state index contributed by atoms with van der Waals surface area (Å²) in [6.07, 6.45) is 6.07. The van der Waals surface area contributed by atoms with Crippen LogP contribution >= 0.6 is 0 Å². The minimum atomic E-state index is 0.217. The SMILES string of the molecule is CCCCN(CCO)Cc1ccc(-n2cccn2)cc1. The molecule has 4 heteroatoms. The Hall–Kier alpha value is -1.65. The Kier molecular flexibility index (Phi) is 5.77. The molecule has 0 radical (unpaired) electrons. The number of benzene rings is 1. The van der Waals surface area contributed by atoms with Gasteiger partial charge < -0.3 is 5.11 Å². The molecule has 1 N–H and O–H groups in total. The second-order valence-electron chi connectivity index (χ2n) is 4.97. The summed E-state index contributed by atoms with van der Waals surface area (Å²) in [4.78, 5) is 2.30. The molecule has 0 unspecified atom stereocenters. The van der Waals surface area contributed by atoms with Crippen molar-refractivity contribution in [2.75, 3.05) is 19.7 Å². The van der Waals surface area contributed by atoms with Crippen molar-refractivity contribution < 1.29 is 5.11 Å². The third-order valence-corrected chi connectivity index (χ3v) is 3.36. The molecule has 2 aromatic rings. The lowest BCUT2D eigenvalue weighted by Crippen LogP contribution is -2.27. The predicted octanol–water partition coefficient (Wildman–Crippen LogP) is 2.47. The first kappa shape index (κ1) is 14.8. The summed E-state index contributed by atoms with van der Waals surface area (Å²) in [6.45, 7) is 5.07. The number of aromatic nitrogens is 2. The van der Waals surface area contributed by atoms with Gasteiger partial charge >= 0.3 is 0 Å². The van der Waals surface area contributed by atoms with E-state index in [2.05, 4.69) is 41.2 Å². The average molecular weight is 273 g/mol. The highest BCUT2D eigenvalue weighted by molar-refractivity contribution is 5.33. The van der Waals surface area contributed by atoms with Crippen LogP contribution in [0.3, 0.4) is 0 Å². The van der Waals surface area contributed by atoms with E-state index >= 15 is 0 Å². The molecule has 20 heavy (non-hydrogen) atoms. The molecule has 0 spiro atoms. The lowest BCUT2D eigenvalue weighted by molar-refractivity contribution is 0.188. The molecule has 0 fully saturated rings. The maximum Gasteiger partial charge on any atom is 0.0645 e. The quantitative estimate of drug-likeness (QED) is 0.803. The van der Waals surface area contributed by atoms with E-state index in [1.807, 2.05) is 16.9 Å². The fourth-order valence-electron chi connectivity index (χ4n) is 2.23. The van der Waals surface area contributed by atoms with Crippen LogP contribution in [0.15, 0.2) is 42.7 Å². The maximum absolute atomic E-state index is 9.13. The summed E-state index contributed by atoms with van der Waals surface area (Å²) < 4.78 is 1.85. The number of nitrogens with zero attached hydrogens (tertiary/aromatic N) is 3. The number of hydrogen-bond donors (Lipinski definition) is 1. The lowest BCUT2D eigenvalue weighted by Gasteiger charge is -2.21. The zero-order valence-electron chi connectivity index (χ0n) is 12.1. The second-order valence-corrected chi connectivity index (χ2v) is 4.97. The van der Waals surface area contributed by atoms with E-state index in [4.69, 9.17) is 5.11 Å². The summed E-state index contributed by atoms with van der Waals surface area (Å²) in [5.41, 5.74) is 2.34. The van der Waals surface area contributed by atoms with Crippen molar-refractivity contribution in [3.63, 3.8) is 0 Å². The van der Waals surface area contributed by atoms with Crippen LogP contribution in [0.25, 0.3) is 5.69 Å². The van der Waals surface area contributed by atoms with Gasteiger partial charge in [0.05, 0.1) is 12.3 Å². The molecule has 0 aliphatic carbocycles. The van der Waals surface area contributed by atoms with Crippen LogP contribution in [0, 0.1) is 0 Å². The van der Waals surface area contributed by atoms with Crippen molar-refractivity contribution in [1.29, 1.82) is 0 Å². The molecule has 0 amide bonds. The summed E-state index contributed by atoms with van der Waals surface area (Å²) in [5, 5.41) is 13.4. The summed E-state index contributed by atoms with van der Waals surface area (Å²) in [5.74, 6) is 0. The number of aliphatic hydroxyl groups is 1. The third kappa shape index (κ3) is 4.18. The maximum atomic E-state index is 9.13. The van der Waals surface area contributed by atoms with Gasteiger partial charge in [0.25, 0.3) is 0 Å². The van der Waals surface area contributed by atoms with Crippen LogP contribution in [-0.2, 0) is 6.54 Å². The number of rotatable bonds is 8. The van der Waals surface area contributed by atoms with E-state index in [0.29, 0.717) is 0 Å². The summed E-state index contributed by atoms with van der Waals surface area (Å²) >= 11 is 0. The number of unbranched alkanes of at least 4 members (excludes halogenated alkanes) is 1. The van der Waals surface area contributed by atoms with Crippen molar-refractivity contribution in [2.45, 2.75) is 26.3 Å². The van der Waals surface area contributed by atoms with Gasteiger partial charge in [0.15, 0.2) is 0 Å². The molecule has 4 nitrogen and oxygen atoms in total. The standard InChI is InChI=1S/C16H23N3O/c1-2-3-10-18(12-13-20)14-15-5-7-16(8-6-15)19-11-4-9-17-19/h4-9,11,20H,2-3,10,12-14H2,1H3. The summed E-state index contributed by atoms with van der Waals surface area (Å²) in [6, 6.07) is 10.3. The van der Waals surface area contributed by atoms with Gasteiger partial charge in [0.2, 0.25) is 0 Å². The first-order valence-corrected chi connectivity index (χ1v) is 7.25. The van der Waals surface area contributed by atoms with Gasteiger partial charge in [0.1, 0.15) is 0 Å². The minimum Gasteiger partial charge on any atom is -0.395 e. The van der Waals surface area contributed by atoms with Crippen LogP contribution < -0.4 is 0 Å². The molecule has 0 aliphatic rings. The fraction of sp³-hybridized carbons (Fsp3) is 0.438. The van der Waals surface area contributed by atoms with E-state index in [1.54, 1.807) is 6.20 Å². The second kappa shape index (κ2) is 7.82. The van der Waals surface area contributed by atoms with Gasteiger partial charge in [0, 0.05) is 25.5 Å². The Bertz CT molecular complexity index is 479. The van der Waals surface area contributed by atoms with Crippen LogP contribution in [-0.4, -0.2) is 39.5 Å². The zero-order chi connectivity index (χ0) is 14.2. The smallest absolute Gasteiger partial charge is 0.0645 e. The van der Waals surface area contributed by atoms with E-state index in [-0.39, 0.29) is 6.61 Å². The van der Waals surface area contributed by atoms with Crippen LogP contribution in [0.5, 0.6) is 0 Å². The van der Waals surface area contributed by atoms with E-state index in [1.165, 1.54) is 18.4 Å². The topological polar surface area (TPSA) is 41.3 Å². The summed E-state index contributed by atoms with van der Waals surface area (Å²) in [7, 11) is 0. The van der Waals surface area contributed by atoms with E-state index in [0.717, 1.165) is 25.3 Å². The molecule has 0 atom stereocenters. The van der Waals surface area contributed by atoms with Gasteiger partial charge in [-0.1, -0.05) is 25.5 Å². The Morgan fingerprint density at radius 2 is 2.00 bits per heavy atom. The Labute approximate surface area is 120 Å². The van der Waals surface area contributed by atoms with Crippen molar-refractivity contribution in [3.8, 4) is 5.69 Å². The Balaban J connectivity index is 1.98. The zero-order valence-corrected chi connectivity index (χ0v) is 12.1. The molecule has 1 aromatic carbocycles. The van der Waals surface area contributed by atoms with Crippen molar-refractivity contribution in [3.05, 3.63) is 48.3 Å². The van der Waals surface area contributed by atoms with Gasteiger partial charge in [-0.15, -0.1) is 0 Å². The first-order chi connectivity index (χ1) is 9.83. The highest BCUT2D eigenvalue weighted by Crippen LogP contribution is 2.11.